The van der Waals surface area contributed by atoms with Crippen molar-refractivity contribution in [3.05, 3.63) is 48.0 Å². The van der Waals surface area contributed by atoms with Crippen molar-refractivity contribution in [2.75, 3.05) is 38.3 Å². The van der Waals surface area contributed by atoms with Gasteiger partial charge in [0.2, 0.25) is 0 Å². The van der Waals surface area contributed by atoms with E-state index in [4.69, 9.17) is 0 Å². The van der Waals surface area contributed by atoms with Crippen LogP contribution in [0.5, 0.6) is 0 Å². The summed E-state index contributed by atoms with van der Waals surface area (Å²) < 4.78 is 49.8. The van der Waals surface area contributed by atoms with E-state index in [-0.39, 0.29) is 28.1 Å². The zero-order valence-corrected chi connectivity index (χ0v) is 22.8. The van der Waals surface area contributed by atoms with Gasteiger partial charge in [0.05, 0.1) is 19.7 Å². The van der Waals surface area contributed by atoms with E-state index in [9.17, 15) is 21.6 Å². The van der Waals surface area contributed by atoms with Crippen molar-refractivity contribution in [1.29, 1.82) is 0 Å². The highest BCUT2D eigenvalue weighted by Gasteiger charge is 2.25. The molecule has 0 aliphatic rings. The molecule has 0 aliphatic heterocycles. The third-order valence-electron chi connectivity index (χ3n) is 5.07. The molecular weight excluding hydrogens is 518 g/mol. The normalized spacial score (nSPS) is 12.2. The van der Waals surface area contributed by atoms with Gasteiger partial charge in [0.15, 0.2) is 24.8 Å². The van der Waals surface area contributed by atoms with E-state index in [1.807, 2.05) is 19.0 Å². The molecule has 0 N–H and O–H groups in total. The number of likely N-dealkylation sites (N-methyl/N-ethyl adjacent to an activating group) is 1. The summed E-state index contributed by atoms with van der Waals surface area (Å²) in [7, 11) is -3.17. The zero-order chi connectivity index (χ0) is 24.6. The van der Waals surface area contributed by atoms with E-state index in [1.54, 1.807) is 26.0 Å². The van der Waals surface area contributed by atoms with Gasteiger partial charge in [0, 0.05) is 24.9 Å². The first kappa shape index (κ1) is 28.2. The summed E-state index contributed by atoms with van der Waals surface area (Å²) in [6.45, 7) is 4.09. The van der Waals surface area contributed by atoms with Crippen LogP contribution in [0.25, 0.3) is 10.2 Å². The third kappa shape index (κ3) is 5.95. The average molecular weight is 546 g/mol. The average Bonchev–Trinajstić information content (AvgIpc) is 3.16. The number of amides is 1. The lowest BCUT2D eigenvalue weighted by molar-refractivity contribution is 0.0985. The fourth-order valence-electron chi connectivity index (χ4n) is 3.13. The number of hydrogen-bond donors (Lipinski definition) is 0. The largest absolute Gasteiger partial charge is 0.308 e. The van der Waals surface area contributed by atoms with Crippen molar-refractivity contribution in [3.63, 3.8) is 0 Å². The molecule has 0 bridgehead atoms. The first-order chi connectivity index (χ1) is 15.3. The van der Waals surface area contributed by atoms with Gasteiger partial charge in [-0.3, -0.25) is 9.69 Å². The van der Waals surface area contributed by atoms with Crippen molar-refractivity contribution >= 4 is 64.7 Å². The minimum Gasteiger partial charge on any atom is -0.308 e. The summed E-state index contributed by atoms with van der Waals surface area (Å²) >= 11 is 1.24. The Hall–Kier alpha value is -2.05. The molecule has 0 saturated heterocycles. The molecule has 0 radical (unpaired) electrons. The predicted molar refractivity (Wildman–Crippen MR) is 139 cm³/mol. The van der Waals surface area contributed by atoms with E-state index >= 15 is 0 Å². The van der Waals surface area contributed by atoms with Gasteiger partial charge in [-0.1, -0.05) is 17.4 Å². The molecule has 1 aromatic heterocycles. The third-order valence-corrected chi connectivity index (χ3v) is 9.41. The number of hydrogen-bond acceptors (Lipinski definition) is 8. The molecular formula is C22H28ClN3O5S3. The quantitative estimate of drug-likeness (QED) is 0.426. The Morgan fingerprint density at radius 2 is 1.62 bits per heavy atom. The number of rotatable bonds is 8. The van der Waals surface area contributed by atoms with E-state index in [0.717, 1.165) is 6.26 Å². The van der Waals surface area contributed by atoms with Crippen LogP contribution in [0.1, 0.15) is 24.2 Å². The van der Waals surface area contributed by atoms with Gasteiger partial charge >= 0.3 is 0 Å². The second-order valence-corrected chi connectivity index (χ2v) is 13.7. The van der Waals surface area contributed by atoms with Gasteiger partial charge in [-0.25, -0.2) is 21.8 Å². The highest BCUT2D eigenvalue weighted by atomic mass is 35.5. The van der Waals surface area contributed by atoms with Crippen LogP contribution in [-0.4, -0.2) is 71.3 Å². The highest BCUT2D eigenvalue weighted by molar-refractivity contribution is 7.92. The standard InChI is InChI=1S/C22H27N3O5S3.ClH/c1-15(2)33(29,30)17-11-9-16(10-12-17)21(26)25(14-13-24(3)4)22-23-20-18(31-22)7-6-8-19(20)32(5,27)28;/h6-12,15H,13-14H2,1-5H3;1H. The number of benzene rings is 2. The van der Waals surface area contributed by atoms with E-state index in [1.165, 1.54) is 46.6 Å². The van der Waals surface area contributed by atoms with Gasteiger partial charge in [-0.2, -0.15) is 0 Å². The highest BCUT2D eigenvalue weighted by Crippen LogP contribution is 2.33. The van der Waals surface area contributed by atoms with E-state index < -0.39 is 24.9 Å². The summed E-state index contributed by atoms with van der Waals surface area (Å²) in [5, 5.41) is -0.186. The first-order valence-electron chi connectivity index (χ1n) is 10.2. The predicted octanol–water partition coefficient (Wildman–Crippen LogP) is 3.51. The molecule has 3 rings (SSSR count). The van der Waals surface area contributed by atoms with Crippen LogP contribution in [-0.2, 0) is 19.7 Å². The Morgan fingerprint density at radius 3 is 2.15 bits per heavy atom. The molecule has 3 aromatic rings. The molecule has 2 aromatic carbocycles. The number of nitrogens with zero attached hydrogens (tertiary/aromatic N) is 3. The smallest absolute Gasteiger partial charge is 0.260 e. The Morgan fingerprint density at radius 1 is 1.00 bits per heavy atom. The maximum Gasteiger partial charge on any atom is 0.260 e. The molecule has 0 fully saturated rings. The number of aromatic nitrogens is 1. The summed E-state index contributed by atoms with van der Waals surface area (Å²) in [6.07, 6.45) is 1.13. The molecule has 8 nitrogen and oxygen atoms in total. The van der Waals surface area contributed by atoms with Crippen LogP contribution in [0.4, 0.5) is 5.13 Å². The van der Waals surface area contributed by atoms with Gasteiger partial charge in [0.25, 0.3) is 5.91 Å². The summed E-state index contributed by atoms with van der Waals surface area (Å²) in [4.78, 5) is 21.6. The molecule has 186 valence electrons. The van der Waals surface area contributed by atoms with Crippen LogP contribution in [0.15, 0.2) is 52.3 Å². The minimum absolute atomic E-state index is 0. The number of carbonyl (C=O) groups excluding carboxylic acids is 1. The first-order valence-corrected chi connectivity index (χ1v) is 14.5. The molecule has 0 saturated carbocycles. The van der Waals surface area contributed by atoms with Gasteiger partial charge in [0.1, 0.15) is 5.52 Å². The lowest BCUT2D eigenvalue weighted by Gasteiger charge is -2.22. The summed E-state index contributed by atoms with van der Waals surface area (Å²) in [5.74, 6) is -0.342. The molecule has 0 spiro atoms. The molecule has 1 amide bonds. The van der Waals surface area contributed by atoms with Gasteiger partial charge in [-0.05, 0) is 64.3 Å². The second-order valence-electron chi connectivity index (χ2n) is 8.25. The SMILES string of the molecule is CC(C)S(=O)(=O)c1ccc(C(=O)N(CCN(C)C)c2nc3c(S(C)(=O)=O)cccc3s2)cc1.Cl. The lowest BCUT2D eigenvalue weighted by atomic mass is 10.2. The molecule has 34 heavy (non-hydrogen) atoms. The maximum atomic E-state index is 13.4. The fourth-order valence-corrected chi connectivity index (χ4v) is 6.10. The van der Waals surface area contributed by atoms with Crippen molar-refractivity contribution in [2.24, 2.45) is 0 Å². The molecule has 0 atom stereocenters. The topological polar surface area (TPSA) is 105 Å². The maximum absolute atomic E-state index is 13.4. The number of para-hydroxylation sites is 1. The number of sulfone groups is 2. The van der Waals surface area contributed by atoms with E-state index in [2.05, 4.69) is 4.98 Å². The Balaban J connectivity index is 0.00000408. The molecule has 1 heterocycles. The number of halogens is 1. The number of thiazole rings is 1. The second kappa shape index (κ2) is 10.7. The lowest BCUT2D eigenvalue weighted by Crippen LogP contribution is -2.36. The number of anilines is 1. The van der Waals surface area contributed by atoms with Crippen LogP contribution in [0.3, 0.4) is 0 Å². The van der Waals surface area contributed by atoms with Crippen molar-refractivity contribution < 1.29 is 21.6 Å². The fraction of sp³-hybridized carbons (Fsp3) is 0.364. The number of fused-ring (bicyclic) bond motifs is 1. The summed E-state index contributed by atoms with van der Waals surface area (Å²) in [6, 6.07) is 10.8. The monoisotopic (exact) mass is 545 g/mol. The number of carbonyl (C=O) groups is 1. The van der Waals surface area contributed by atoms with Crippen molar-refractivity contribution in [2.45, 2.75) is 28.9 Å². The van der Waals surface area contributed by atoms with E-state index in [0.29, 0.717) is 34.0 Å². The Bertz CT molecular complexity index is 1380. The van der Waals surface area contributed by atoms with Gasteiger partial charge in [-0.15, -0.1) is 12.4 Å². The summed E-state index contributed by atoms with van der Waals surface area (Å²) in [5.41, 5.74) is 0.653. The molecule has 12 heteroatoms. The van der Waals surface area contributed by atoms with Gasteiger partial charge < -0.3 is 4.90 Å². The van der Waals surface area contributed by atoms with Crippen molar-refractivity contribution in [3.8, 4) is 0 Å². The Labute approximate surface area is 210 Å². The molecule has 0 aliphatic carbocycles. The van der Waals surface area contributed by atoms with Crippen LogP contribution < -0.4 is 4.90 Å². The van der Waals surface area contributed by atoms with Crippen LogP contribution >= 0.6 is 23.7 Å². The zero-order valence-electron chi connectivity index (χ0n) is 19.5. The molecule has 0 unspecified atom stereocenters. The van der Waals surface area contributed by atoms with Crippen LogP contribution in [0, 0.1) is 0 Å². The minimum atomic E-state index is -3.49. The van der Waals surface area contributed by atoms with Crippen molar-refractivity contribution in [1.82, 2.24) is 9.88 Å². The van der Waals surface area contributed by atoms with Crippen LogP contribution in [0.2, 0.25) is 0 Å². The Kier molecular flexibility index (Phi) is 8.87.